The Morgan fingerprint density at radius 3 is 2.32 bits per heavy atom. The summed E-state index contributed by atoms with van der Waals surface area (Å²) < 4.78 is 67.5. The smallest absolute Gasteiger partial charge is 0.271 e. The lowest BCUT2D eigenvalue weighted by Gasteiger charge is -2.19. The van der Waals surface area contributed by atoms with Gasteiger partial charge < -0.3 is 4.74 Å². The van der Waals surface area contributed by atoms with Crippen LogP contribution in [0.3, 0.4) is 0 Å². The fraction of sp³-hybridized carbons (Fsp3) is 0.474. The second-order valence-corrected chi connectivity index (χ2v) is 9.82. The lowest BCUT2D eigenvalue weighted by Crippen LogP contribution is -2.16. The molecule has 9 heteroatoms. The van der Waals surface area contributed by atoms with Gasteiger partial charge in [0, 0.05) is 0 Å². The highest BCUT2D eigenvalue weighted by atomic mass is 32.2. The summed E-state index contributed by atoms with van der Waals surface area (Å²) in [6, 6.07) is 8.83. The molecule has 1 N–H and O–H groups in total. The zero-order valence-electron chi connectivity index (χ0n) is 16.2. The number of rotatable bonds is 10. The number of fused-ring (bicyclic) bond motifs is 1. The minimum atomic E-state index is -4.33. The molecule has 7 nitrogen and oxygen atoms in total. The van der Waals surface area contributed by atoms with Gasteiger partial charge in [-0.25, -0.2) is 0 Å². The summed E-state index contributed by atoms with van der Waals surface area (Å²) in [7, 11) is -6.43. The van der Waals surface area contributed by atoms with Crippen molar-refractivity contribution in [3.63, 3.8) is 0 Å². The van der Waals surface area contributed by atoms with Crippen molar-refractivity contribution < 1.29 is 30.3 Å². The van der Waals surface area contributed by atoms with Crippen molar-refractivity contribution >= 4 is 31.0 Å². The summed E-state index contributed by atoms with van der Waals surface area (Å²) in [5, 5.41) is 0.474. The summed E-state index contributed by atoms with van der Waals surface area (Å²) in [5.41, 5.74) is 1.05. The average molecular weight is 431 g/mol. The van der Waals surface area contributed by atoms with Gasteiger partial charge in [-0.1, -0.05) is 32.0 Å². The zero-order valence-corrected chi connectivity index (χ0v) is 17.8. The molecule has 0 heterocycles. The van der Waals surface area contributed by atoms with Crippen molar-refractivity contribution in [3.8, 4) is 5.75 Å². The van der Waals surface area contributed by atoms with Crippen LogP contribution in [0.25, 0.3) is 10.8 Å². The van der Waals surface area contributed by atoms with Gasteiger partial charge in [-0.2, -0.15) is 16.8 Å². The van der Waals surface area contributed by atoms with Crippen LogP contribution in [0.5, 0.6) is 5.75 Å². The van der Waals surface area contributed by atoms with E-state index in [9.17, 15) is 21.4 Å². The molecule has 0 radical (unpaired) electrons. The molecule has 0 spiro atoms. The molecule has 0 aromatic heterocycles. The first-order valence-electron chi connectivity index (χ1n) is 9.05. The highest BCUT2D eigenvalue weighted by molar-refractivity contribution is 7.86. The fourth-order valence-electron chi connectivity index (χ4n) is 3.26. The highest BCUT2D eigenvalue weighted by Gasteiger charge is 2.26. The van der Waals surface area contributed by atoms with Crippen LogP contribution >= 0.6 is 0 Å². The fourth-order valence-corrected chi connectivity index (χ4v) is 5.17. The molecule has 0 aliphatic heterocycles. The van der Waals surface area contributed by atoms with Gasteiger partial charge >= 0.3 is 0 Å². The Hall–Kier alpha value is -1.68. The number of methoxy groups -OCH3 is 1. The predicted molar refractivity (Wildman–Crippen MR) is 109 cm³/mol. The molecule has 2 aromatic rings. The first-order chi connectivity index (χ1) is 13.1. The van der Waals surface area contributed by atoms with E-state index in [-0.39, 0.29) is 25.2 Å². The van der Waals surface area contributed by atoms with E-state index in [1.54, 1.807) is 38.1 Å². The maximum absolute atomic E-state index is 11.9. The average Bonchev–Trinajstić information content (AvgIpc) is 2.61. The van der Waals surface area contributed by atoms with Gasteiger partial charge in [0.1, 0.15) is 11.0 Å². The van der Waals surface area contributed by atoms with E-state index >= 15 is 0 Å². The van der Waals surface area contributed by atoms with Crippen LogP contribution in [-0.4, -0.2) is 40.9 Å². The van der Waals surface area contributed by atoms with Crippen LogP contribution in [0.2, 0.25) is 0 Å². The molecule has 0 saturated carbocycles. The molecule has 2 rings (SSSR count). The molecule has 0 saturated heterocycles. The molecule has 1 unspecified atom stereocenters. The minimum Gasteiger partial charge on any atom is -0.497 e. The van der Waals surface area contributed by atoms with Crippen molar-refractivity contribution in [3.05, 3.63) is 41.5 Å². The Morgan fingerprint density at radius 1 is 1.07 bits per heavy atom. The van der Waals surface area contributed by atoms with Gasteiger partial charge in [0.2, 0.25) is 0 Å². The Morgan fingerprint density at radius 2 is 1.75 bits per heavy atom. The van der Waals surface area contributed by atoms with E-state index in [0.29, 0.717) is 23.3 Å². The molecule has 0 aliphatic rings. The zero-order chi connectivity index (χ0) is 20.9. The number of hydrogen-bond donors (Lipinski definition) is 1. The minimum absolute atomic E-state index is 0.0776. The van der Waals surface area contributed by atoms with Crippen molar-refractivity contribution in [2.75, 3.05) is 19.5 Å². The standard InChI is InChI=1S/C19H26O7S2/c1-4-12-27(20,21)26-11-10-16-17(19(5-2)28(22,23)24)9-7-14-6-8-15(25-3)13-18(14)16/h6-9,13,19H,4-5,10-12H2,1-3H3,(H,22,23,24). The Bertz CT molecular complexity index is 1030. The van der Waals surface area contributed by atoms with Gasteiger partial charge in [0.05, 0.1) is 19.5 Å². The number of hydrogen-bond acceptors (Lipinski definition) is 6. The molecule has 0 bridgehead atoms. The summed E-state index contributed by atoms with van der Waals surface area (Å²) in [6.07, 6.45) is 0.796. The van der Waals surface area contributed by atoms with Gasteiger partial charge in [-0.15, -0.1) is 0 Å². The van der Waals surface area contributed by atoms with Crippen molar-refractivity contribution in [1.82, 2.24) is 0 Å². The van der Waals surface area contributed by atoms with Gasteiger partial charge in [-0.05, 0) is 53.3 Å². The summed E-state index contributed by atoms with van der Waals surface area (Å²) in [5.74, 6) is 0.511. The molecular formula is C19H26O7S2. The molecule has 1 atom stereocenters. The maximum Gasteiger partial charge on any atom is 0.271 e. The van der Waals surface area contributed by atoms with Crippen LogP contribution in [0.1, 0.15) is 43.1 Å². The second kappa shape index (κ2) is 9.21. The Balaban J connectivity index is 2.55. The molecule has 156 valence electrons. The second-order valence-electron chi connectivity index (χ2n) is 6.47. The highest BCUT2D eigenvalue weighted by Crippen LogP contribution is 2.34. The van der Waals surface area contributed by atoms with E-state index < -0.39 is 25.5 Å². The molecule has 28 heavy (non-hydrogen) atoms. The topological polar surface area (TPSA) is 107 Å². The first kappa shape index (κ1) is 22.6. The first-order valence-corrected chi connectivity index (χ1v) is 12.1. The van der Waals surface area contributed by atoms with Crippen LogP contribution in [-0.2, 0) is 30.8 Å². The van der Waals surface area contributed by atoms with Gasteiger partial charge in [-0.3, -0.25) is 8.74 Å². The summed E-state index contributed by atoms with van der Waals surface area (Å²) in [4.78, 5) is 0. The van der Waals surface area contributed by atoms with Crippen LogP contribution < -0.4 is 4.74 Å². The molecular weight excluding hydrogens is 404 g/mol. The van der Waals surface area contributed by atoms with Gasteiger partial charge in [0.25, 0.3) is 20.2 Å². The number of ether oxygens (including phenoxy) is 1. The molecule has 2 aromatic carbocycles. The van der Waals surface area contributed by atoms with E-state index in [4.69, 9.17) is 8.92 Å². The lowest BCUT2D eigenvalue weighted by molar-refractivity contribution is 0.322. The Labute approximate surface area is 166 Å². The third-order valence-electron chi connectivity index (χ3n) is 4.52. The van der Waals surface area contributed by atoms with E-state index in [1.807, 2.05) is 6.07 Å². The quantitative estimate of drug-likeness (QED) is 0.454. The molecule has 0 aliphatic carbocycles. The maximum atomic E-state index is 11.9. The van der Waals surface area contributed by atoms with Gasteiger partial charge in [0.15, 0.2) is 0 Å². The molecule has 0 amide bonds. The lowest BCUT2D eigenvalue weighted by atomic mass is 9.94. The number of benzene rings is 2. The van der Waals surface area contributed by atoms with E-state index in [2.05, 4.69) is 0 Å². The Kier molecular flexibility index (Phi) is 7.44. The monoisotopic (exact) mass is 430 g/mol. The van der Waals surface area contributed by atoms with Crippen LogP contribution in [0.15, 0.2) is 30.3 Å². The predicted octanol–water partition coefficient (Wildman–Crippen LogP) is 3.49. The van der Waals surface area contributed by atoms with Crippen LogP contribution in [0, 0.1) is 0 Å². The van der Waals surface area contributed by atoms with Crippen LogP contribution in [0.4, 0.5) is 0 Å². The SMILES string of the molecule is CCCS(=O)(=O)OCCc1c(C(CC)S(=O)(=O)O)ccc2ccc(OC)cc12. The largest absolute Gasteiger partial charge is 0.497 e. The van der Waals surface area contributed by atoms with E-state index in [0.717, 1.165) is 10.8 Å². The normalized spacial score (nSPS) is 13.6. The third-order valence-corrected chi connectivity index (χ3v) is 7.26. The summed E-state index contributed by atoms with van der Waals surface area (Å²) >= 11 is 0. The van der Waals surface area contributed by atoms with Crippen molar-refractivity contribution in [2.45, 2.75) is 38.4 Å². The van der Waals surface area contributed by atoms with E-state index in [1.165, 1.54) is 7.11 Å². The molecule has 0 fully saturated rings. The third kappa shape index (κ3) is 5.44. The van der Waals surface area contributed by atoms with Crippen molar-refractivity contribution in [1.29, 1.82) is 0 Å². The van der Waals surface area contributed by atoms with Crippen molar-refractivity contribution in [2.24, 2.45) is 0 Å². The summed E-state index contributed by atoms with van der Waals surface area (Å²) in [6.45, 7) is 3.29.